The van der Waals surface area contributed by atoms with Crippen LogP contribution in [0.1, 0.15) is 16.0 Å². The summed E-state index contributed by atoms with van der Waals surface area (Å²) in [5.41, 5.74) is 0. The Hall–Kier alpha value is -0.100. The van der Waals surface area contributed by atoms with Gasteiger partial charge < -0.3 is 10.2 Å². The number of hydrogen-bond acceptors (Lipinski definition) is 5. The van der Waals surface area contributed by atoms with Crippen LogP contribution in [0, 0.1) is 6.92 Å². The Labute approximate surface area is 80.5 Å². The first-order valence-corrected chi connectivity index (χ1v) is 4.99. The van der Waals surface area contributed by atoms with E-state index in [9.17, 15) is 10.2 Å². The summed E-state index contributed by atoms with van der Waals surface area (Å²) in [7, 11) is 0. The molecule has 0 amide bonds. The monoisotopic (exact) mass is 205 g/mol. The van der Waals surface area contributed by atoms with Crippen molar-refractivity contribution in [3.63, 3.8) is 0 Å². The maximum atomic E-state index is 9.45. The first-order chi connectivity index (χ1) is 5.65. The fourth-order valence-corrected chi connectivity index (χ4v) is 1.79. The van der Waals surface area contributed by atoms with E-state index in [-0.39, 0.29) is 5.75 Å². The number of nitrogens with zero attached hydrogens (tertiary/aromatic N) is 1. The topological polar surface area (TPSA) is 53.4 Å². The first-order valence-electron chi connectivity index (χ1n) is 3.54. The van der Waals surface area contributed by atoms with Crippen LogP contribution in [0.4, 0.5) is 0 Å². The van der Waals surface area contributed by atoms with E-state index in [2.05, 4.69) is 17.6 Å². The second kappa shape index (κ2) is 4.23. The van der Waals surface area contributed by atoms with Crippen LogP contribution in [0.5, 0.6) is 0 Å². The molecule has 1 aromatic rings. The molecule has 0 fully saturated rings. The number of hydrogen-bond donors (Lipinski definition) is 3. The van der Waals surface area contributed by atoms with Crippen LogP contribution in [0.3, 0.4) is 0 Å². The van der Waals surface area contributed by atoms with Gasteiger partial charge in [-0.3, -0.25) is 0 Å². The highest BCUT2D eigenvalue weighted by Crippen LogP contribution is 2.22. The molecule has 3 nitrogen and oxygen atoms in total. The zero-order valence-electron chi connectivity index (χ0n) is 6.64. The molecule has 5 heteroatoms. The lowest BCUT2D eigenvalue weighted by atomic mass is 10.2. The van der Waals surface area contributed by atoms with Gasteiger partial charge in [-0.25, -0.2) is 4.98 Å². The molecule has 0 bridgehead atoms. The molecule has 1 aromatic heterocycles. The van der Waals surface area contributed by atoms with Gasteiger partial charge in [-0.1, -0.05) is 0 Å². The van der Waals surface area contributed by atoms with Crippen molar-refractivity contribution in [1.82, 2.24) is 4.98 Å². The van der Waals surface area contributed by atoms with Crippen LogP contribution in [0.15, 0.2) is 6.20 Å². The van der Waals surface area contributed by atoms with E-state index in [1.165, 1.54) is 11.3 Å². The van der Waals surface area contributed by atoms with Gasteiger partial charge in [0.15, 0.2) is 0 Å². The predicted molar refractivity (Wildman–Crippen MR) is 51.7 cm³/mol. The molecule has 12 heavy (non-hydrogen) atoms. The summed E-state index contributed by atoms with van der Waals surface area (Å²) in [6, 6.07) is 0. The molecule has 0 radical (unpaired) electrons. The smallest absolute Gasteiger partial charge is 0.132 e. The quantitative estimate of drug-likeness (QED) is 0.639. The molecular formula is C7H11NO2S2. The van der Waals surface area contributed by atoms with Gasteiger partial charge in [-0.05, 0) is 6.92 Å². The summed E-state index contributed by atoms with van der Waals surface area (Å²) in [6.07, 6.45) is -0.0610. The molecule has 2 atom stereocenters. The van der Waals surface area contributed by atoms with E-state index in [1.807, 2.05) is 6.92 Å². The maximum absolute atomic E-state index is 9.45. The van der Waals surface area contributed by atoms with Crippen molar-refractivity contribution >= 4 is 24.0 Å². The Morgan fingerprint density at radius 1 is 1.67 bits per heavy atom. The van der Waals surface area contributed by atoms with Gasteiger partial charge in [0.1, 0.15) is 11.1 Å². The van der Waals surface area contributed by atoms with Crippen LogP contribution in [-0.4, -0.2) is 27.1 Å². The number of aliphatic hydroxyl groups is 2. The van der Waals surface area contributed by atoms with Gasteiger partial charge in [0, 0.05) is 16.8 Å². The molecular weight excluding hydrogens is 194 g/mol. The van der Waals surface area contributed by atoms with Crippen LogP contribution < -0.4 is 0 Å². The van der Waals surface area contributed by atoms with Gasteiger partial charge in [0.2, 0.25) is 0 Å². The minimum Gasteiger partial charge on any atom is -0.389 e. The van der Waals surface area contributed by atoms with E-state index < -0.39 is 12.2 Å². The molecule has 2 N–H and O–H groups in total. The van der Waals surface area contributed by atoms with E-state index >= 15 is 0 Å². The van der Waals surface area contributed by atoms with E-state index in [0.717, 1.165) is 4.88 Å². The Morgan fingerprint density at radius 2 is 2.33 bits per heavy atom. The number of aliphatic hydroxyl groups excluding tert-OH is 2. The van der Waals surface area contributed by atoms with Gasteiger partial charge in [0.05, 0.1) is 6.10 Å². The van der Waals surface area contributed by atoms with E-state index in [1.54, 1.807) is 6.20 Å². The van der Waals surface area contributed by atoms with Crippen molar-refractivity contribution in [1.29, 1.82) is 0 Å². The molecule has 0 saturated carbocycles. The highest BCUT2D eigenvalue weighted by molar-refractivity contribution is 7.80. The summed E-state index contributed by atoms with van der Waals surface area (Å²) in [5, 5.41) is 19.2. The Bertz CT molecular complexity index is 251. The standard InChI is InChI=1S/C7H11NO2S2/c1-4-2-8-7(12-4)6(10)5(9)3-11/h2,5-6,9-11H,3H2,1H3. The largest absolute Gasteiger partial charge is 0.389 e. The molecule has 0 aromatic carbocycles. The minimum atomic E-state index is -0.902. The minimum absolute atomic E-state index is 0.236. The van der Waals surface area contributed by atoms with Crippen molar-refractivity contribution in [2.75, 3.05) is 5.75 Å². The average molecular weight is 205 g/mol. The average Bonchev–Trinajstić information content (AvgIpc) is 2.49. The summed E-state index contributed by atoms with van der Waals surface area (Å²) < 4.78 is 0. The van der Waals surface area contributed by atoms with Crippen molar-refractivity contribution < 1.29 is 10.2 Å². The zero-order chi connectivity index (χ0) is 9.14. The van der Waals surface area contributed by atoms with Gasteiger partial charge >= 0.3 is 0 Å². The van der Waals surface area contributed by atoms with Gasteiger partial charge in [-0.15, -0.1) is 11.3 Å². The Kier molecular flexibility index (Phi) is 3.52. The van der Waals surface area contributed by atoms with E-state index in [0.29, 0.717) is 5.01 Å². The molecule has 2 unspecified atom stereocenters. The molecule has 0 saturated heterocycles. The van der Waals surface area contributed by atoms with Crippen molar-refractivity contribution in [2.45, 2.75) is 19.1 Å². The number of thiol groups is 1. The number of rotatable bonds is 3. The highest BCUT2D eigenvalue weighted by Gasteiger charge is 2.19. The SMILES string of the molecule is Cc1cnc(C(O)C(O)CS)s1. The lowest BCUT2D eigenvalue weighted by molar-refractivity contribution is 0.0336. The Balaban J connectivity index is 2.70. The molecule has 68 valence electrons. The second-order valence-corrected chi connectivity index (χ2v) is 4.14. The third-order valence-electron chi connectivity index (χ3n) is 1.44. The lowest BCUT2D eigenvalue weighted by Crippen LogP contribution is -2.19. The second-order valence-electron chi connectivity index (χ2n) is 2.50. The van der Waals surface area contributed by atoms with Crippen LogP contribution >= 0.6 is 24.0 Å². The number of thiazole rings is 1. The third-order valence-corrected chi connectivity index (χ3v) is 2.80. The Morgan fingerprint density at radius 3 is 2.75 bits per heavy atom. The van der Waals surface area contributed by atoms with Crippen molar-refractivity contribution in [3.8, 4) is 0 Å². The number of aryl methyl sites for hydroxylation is 1. The summed E-state index contributed by atoms with van der Waals surface area (Å²) in [6.45, 7) is 1.90. The summed E-state index contributed by atoms with van der Waals surface area (Å²) in [4.78, 5) is 4.98. The normalized spacial score (nSPS) is 16.0. The van der Waals surface area contributed by atoms with Crippen molar-refractivity contribution in [3.05, 3.63) is 16.1 Å². The molecule has 0 aliphatic heterocycles. The van der Waals surface area contributed by atoms with Gasteiger partial charge in [0.25, 0.3) is 0 Å². The maximum Gasteiger partial charge on any atom is 0.132 e. The third kappa shape index (κ3) is 2.20. The summed E-state index contributed by atoms with van der Waals surface area (Å²) >= 11 is 5.26. The molecule has 1 heterocycles. The lowest BCUT2D eigenvalue weighted by Gasteiger charge is -2.12. The van der Waals surface area contributed by atoms with Crippen LogP contribution in [-0.2, 0) is 0 Å². The van der Waals surface area contributed by atoms with Crippen LogP contribution in [0.25, 0.3) is 0 Å². The fourth-order valence-electron chi connectivity index (χ4n) is 0.773. The molecule has 1 rings (SSSR count). The highest BCUT2D eigenvalue weighted by atomic mass is 32.1. The molecule has 0 spiro atoms. The van der Waals surface area contributed by atoms with Crippen LogP contribution in [0.2, 0.25) is 0 Å². The molecule has 0 aliphatic carbocycles. The fraction of sp³-hybridized carbons (Fsp3) is 0.571. The number of aromatic nitrogens is 1. The molecule has 0 aliphatic rings. The van der Waals surface area contributed by atoms with Gasteiger partial charge in [-0.2, -0.15) is 12.6 Å². The predicted octanol–water partition coefficient (Wildman–Crippen LogP) is 0.776. The summed E-state index contributed by atoms with van der Waals surface area (Å²) in [5.74, 6) is 0.236. The van der Waals surface area contributed by atoms with E-state index in [4.69, 9.17) is 0 Å². The van der Waals surface area contributed by atoms with Crippen molar-refractivity contribution in [2.24, 2.45) is 0 Å². The zero-order valence-corrected chi connectivity index (χ0v) is 8.35. The first kappa shape index (κ1) is 9.98.